The van der Waals surface area contributed by atoms with Crippen molar-refractivity contribution in [3.63, 3.8) is 0 Å². The summed E-state index contributed by atoms with van der Waals surface area (Å²) in [5.41, 5.74) is 7.53. The van der Waals surface area contributed by atoms with Gasteiger partial charge in [-0.3, -0.25) is 4.79 Å². The van der Waals surface area contributed by atoms with E-state index in [1.165, 1.54) is 11.3 Å². The van der Waals surface area contributed by atoms with Crippen molar-refractivity contribution < 1.29 is 4.79 Å². The van der Waals surface area contributed by atoms with Crippen LogP contribution in [0.2, 0.25) is 8.67 Å². The van der Waals surface area contributed by atoms with E-state index in [-0.39, 0.29) is 5.91 Å². The zero-order valence-corrected chi connectivity index (χ0v) is 13.3. The molecule has 0 aliphatic rings. The van der Waals surface area contributed by atoms with Crippen molar-refractivity contribution in [3.8, 4) is 11.8 Å². The smallest absolute Gasteiger partial charge is 0.253 e. The zero-order valence-electron chi connectivity index (χ0n) is 11.0. The topological polar surface area (TPSA) is 55.1 Å². The molecule has 6 heteroatoms. The molecule has 0 bridgehead atoms. The van der Waals surface area contributed by atoms with Gasteiger partial charge in [-0.2, -0.15) is 0 Å². The number of thiophene rings is 1. The minimum absolute atomic E-state index is 0.260. The third-order valence-electron chi connectivity index (χ3n) is 2.68. The SMILES string of the molecule is NCC#Cc1ccccc1CNC(=O)c1cc(Cl)sc1Cl. The monoisotopic (exact) mass is 338 g/mol. The van der Waals surface area contributed by atoms with Crippen molar-refractivity contribution in [1.29, 1.82) is 0 Å². The van der Waals surface area contributed by atoms with Gasteiger partial charge >= 0.3 is 0 Å². The molecule has 0 atom stereocenters. The number of hydrogen-bond acceptors (Lipinski definition) is 3. The number of amides is 1. The molecule has 1 aromatic heterocycles. The first-order valence-corrected chi connectivity index (χ1v) is 7.69. The van der Waals surface area contributed by atoms with Crippen molar-refractivity contribution >= 4 is 40.4 Å². The summed E-state index contributed by atoms with van der Waals surface area (Å²) in [5.74, 6) is 5.53. The number of nitrogens with two attached hydrogens (primary N) is 1. The normalized spacial score (nSPS) is 9.86. The highest BCUT2D eigenvalue weighted by Crippen LogP contribution is 2.31. The van der Waals surface area contributed by atoms with Gasteiger partial charge in [-0.15, -0.1) is 11.3 Å². The molecule has 1 aromatic carbocycles. The van der Waals surface area contributed by atoms with Gasteiger partial charge in [-0.25, -0.2) is 0 Å². The molecule has 21 heavy (non-hydrogen) atoms. The van der Waals surface area contributed by atoms with Crippen LogP contribution in [0.5, 0.6) is 0 Å². The number of halogens is 2. The van der Waals surface area contributed by atoms with Crippen molar-refractivity contribution in [2.75, 3.05) is 6.54 Å². The van der Waals surface area contributed by atoms with Gasteiger partial charge in [0.25, 0.3) is 5.91 Å². The van der Waals surface area contributed by atoms with Gasteiger partial charge in [0.1, 0.15) is 4.34 Å². The van der Waals surface area contributed by atoms with Gasteiger partial charge in [0, 0.05) is 12.1 Å². The van der Waals surface area contributed by atoms with Crippen LogP contribution in [0.4, 0.5) is 0 Å². The fraction of sp³-hybridized carbons (Fsp3) is 0.133. The number of rotatable bonds is 3. The summed E-state index contributed by atoms with van der Waals surface area (Å²) in [6.45, 7) is 0.655. The number of carbonyl (C=O) groups is 1. The highest BCUT2D eigenvalue weighted by Gasteiger charge is 2.14. The fourth-order valence-electron chi connectivity index (χ4n) is 1.71. The van der Waals surface area contributed by atoms with Gasteiger partial charge in [0.15, 0.2) is 0 Å². The summed E-state index contributed by atoms with van der Waals surface area (Å²) in [7, 11) is 0. The van der Waals surface area contributed by atoms with Crippen LogP contribution in [0.15, 0.2) is 30.3 Å². The van der Waals surface area contributed by atoms with E-state index in [4.69, 9.17) is 28.9 Å². The average molecular weight is 339 g/mol. The molecule has 3 nitrogen and oxygen atoms in total. The van der Waals surface area contributed by atoms with E-state index in [1.54, 1.807) is 6.07 Å². The second-order valence-corrected chi connectivity index (χ2v) is 6.37. The summed E-state index contributed by atoms with van der Waals surface area (Å²) in [6.07, 6.45) is 0. The number of hydrogen-bond donors (Lipinski definition) is 2. The highest BCUT2D eigenvalue weighted by molar-refractivity contribution is 7.20. The third kappa shape index (κ3) is 4.23. The Morgan fingerprint density at radius 1 is 1.33 bits per heavy atom. The molecule has 0 radical (unpaired) electrons. The van der Waals surface area contributed by atoms with Gasteiger partial charge < -0.3 is 11.1 Å². The minimum Gasteiger partial charge on any atom is -0.348 e. The van der Waals surface area contributed by atoms with E-state index in [2.05, 4.69) is 17.2 Å². The third-order valence-corrected chi connectivity index (χ3v) is 4.17. The van der Waals surface area contributed by atoms with Crippen LogP contribution in [-0.4, -0.2) is 12.5 Å². The number of benzene rings is 1. The molecule has 0 fully saturated rings. The van der Waals surface area contributed by atoms with Gasteiger partial charge in [-0.1, -0.05) is 53.2 Å². The lowest BCUT2D eigenvalue weighted by Gasteiger charge is -2.06. The molecule has 0 aliphatic carbocycles. The van der Waals surface area contributed by atoms with E-state index < -0.39 is 0 Å². The highest BCUT2D eigenvalue weighted by atomic mass is 35.5. The Hall–Kier alpha value is -1.51. The minimum atomic E-state index is -0.260. The Bertz CT molecular complexity index is 716. The molecule has 1 heterocycles. The standard InChI is InChI=1S/C15H12Cl2N2OS/c16-13-8-12(14(17)21-13)15(20)19-9-11-5-2-1-4-10(11)6-3-7-18/h1-2,4-5,8H,7,9,18H2,(H,19,20). The molecule has 108 valence electrons. The molecule has 0 saturated heterocycles. The predicted molar refractivity (Wildman–Crippen MR) is 87.9 cm³/mol. The summed E-state index contributed by atoms with van der Waals surface area (Å²) >= 11 is 13.0. The predicted octanol–water partition coefficient (Wildman–Crippen LogP) is 3.30. The van der Waals surface area contributed by atoms with Crippen molar-refractivity contribution in [3.05, 3.63) is 55.7 Å². The summed E-state index contributed by atoms with van der Waals surface area (Å²) in [5, 5.41) is 2.81. The van der Waals surface area contributed by atoms with E-state index in [9.17, 15) is 4.79 Å². The lowest BCUT2D eigenvalue weighted by molar-refractivity contribution is 0.0951. The molecule has 3 N–H and O–H groups in total. The van der Waals surface area contributed by atoms with Gasteiger partial charge in [0.05, 0.1) is 16.4 Å². The van der Waals surface area contributed by atoms with Gasteiger partial charge in [0.2, 0.25) is 0 Å². The van der Waals surface area contributed by atoms with E-state index in [0.717, 1.165) is 11.1 Å². The lowest BCUT2D eigenvalue weighted by Crippen LogP contribution is -2.23. The molecule has 2 aromatic rings. The molecule has 2 rings (SSSR count). The van der Waals surface area contributed by atoms with Crippen LogP contribution < -0.4 is 11.1 Å². The van der Waals surface area contributed by atoms with E-state index in [1.807, 2.05) is 24.3 Å². The Kier molecular flexibility index (Phi) is 5.66. The van der Waals surface area contributed by atoms with E-state index >= 15 is 0 Å². The Morgan fingerprint density at radius 2 is 2.10 bits per heavy atom. The molecular weight excluding hydrogens is 327 g/mol. The first kappa shape index (κ1) is 15.9. The molecular formula is C15H12Cl2N2OS. The van der Waals surface area contributed by atoms with Crippen LogP contribution in [0.3, 0.4) is 0 Å². The Balaban J connectivity index is 2.10. The number of nitrogens with one attached hydrogen (secondary N) is 1. The van der Waals surface area contributed by atoms with Crippen LogP contribution >= 0.6 is 34.5 Å². The van der Waals surface area contributed by atoms with Crippen LogP contribution in [-0.2, 0) is 6.54 Å². The Labute approximate surface area is 137 Å². The first-order chi connectivity index (χ1) is 10.1. The summed E-state index contributed by atoms with van der Waals surface area (Å²) in [4.78, 5) is 12.1. The first-order valence-electron chi connectivity index (χ1n) is 6.11. The molecule has 0 saturated carbocycles. The maximum absolute atomic E-state index is 12.1. The van der Waals surface area contributed by atoms with Crippen LogP contribution in [0.1, 0.15) is 21.5 Å². The van der Waals surface area contributed by atoms with Crippen LogP contribution in [0, 0.1) is 11.8 Å². The van der Waals surface area contributed by atoms with Crippen molar-refractivity contribution in [2.24, 2.45) is 5.73 Å². The second-order valence-electron chi connectivity index (χ2n) is 4.08. The molecule has 0 unspecified atom stereocenters. The van der Waals surface area contributed by atoms with E-state index in [0.29, 0.717) is 27.3 Å². The fourth-order valence-corrected chi connectivity index (χ4v) is 3.17. The summed E-state index contributed by atoms with van der Waals surface area (Å²) < 4.78 is 0.869. The lowest BCUT2D eigenvalue weighted by atomic mass is 10.1. The second kappa shape index (κ2) is 7.48. The maximum Gasteiger partial charge on any atom is 0.253 e. The largest absolute Gasteiger partial charge is 0.348 e. The van der Waals surface area contributed by atoms with Crippen molar-refractivity contribution in [2.45, 2.75) is 6.54 Å². The quantitative estimate of drug-likeness (QED) is 0.843. The van der Waals surface area contributed by atoms with Gasteiger partial charge in [-0.05, 0) is 17.7 Å². The molecule has 0 spiro atoms. The number of carbonyl (C=O) groups excluding carboxylic acids is 1. The maximum atomic E-state index is 12.1. The van der Waals surface area contributed by atoms with Crippen LogP contribution in [0.25, 0.3) is 0 Å². The molecule has 1 amide bonds. The summed E-state index contributed by atoms with van der Waals surface area (Å²) in [6, 6.07) is 9.14. The average Bonchev–Trinajstić information content (AvgIpc) is 2.82. The zero-order chi connectivity index (χ0) is 15.2. The Morgan fingerprint density at radius 3 is 2.76 bits per heavy atom. The van der Waals surface area contributed by atoms with Crippen molar-refractivity contribution in [1.82, 2.24) is 5.32 Å². The molecule has 0 aliphatic heterocycles.